The Kier molecular flexibility index (Phi) is 4.44. The van der Waals surface area contributed by atoms with Crippen LogP contribution < -0.4 is 0 Å². The van der Waals surface area contributed by atoms with E-state index in [4.69, 9.17) is 4.74 Å². The van der Waals surface area contributed by atoms with E-state index in [1.165, 1.54) is 25.0 Å². The number of hydrogen-bond donors (Lipinski definition) is 0. The SMILES string of the molecule is CC1CCC(C(C)(C)C2CCOC3(CCSC3)C2)C(=O)C1. The molecule has 2 heterocycles. The molecule has 2 aliphatic heterocycles. The monoisotopic (exact) mass is 310 g/mol. The van der Waals surface area contributed by atoms with Gasteiger partial charge in [0.1, 0.15) is 5.78 Å². The van der Waals surface area contributed by atoms with Crippen molar-refractivity contribution in [2.45, 2.75) is 64.9 Å². The summed E-state index contributed by atoms with van der Waals surface area (Å²) in [5.41, 5.74) is 0.275. The molecule has 1 aliphatic carbocycles. The molecule has 0 N–H and O–H groups in total. The van der Waals surface area contributed by atoms with Crippen molar-refractivity contribution < 1.29 is 9.53 Å². The van der Waals surface area contributed by atoms with Gasteiger partial charge in [-0.2, -0.15) is 11.8 Å². The van der Waals surface area contributed by atoms with Gasteiger partial charge in [-0.1, -0.05) is 20.8 Å². The Morgan fingerprint density at radius 3 is 2.76 bits per heavy atom. The Labute approximate surface area is 133 Å². The molecule has 0 bridgehead atoms. The van der Waals surface area contributed by atoms with Crippen LogP contribution in [0.3, 0.4) is 0 Å². The molecule has 1 saturated carbocycles. The van der Waals surface area contributed by atoms with Crippen LogP contribution in [-0.4, -0.2) is 29.5 Å². The quantitative estimate of drug-likeness (QED) is 0.760. The average molecular weight is 311 g/mol. The molecule has 21 heavy (non-hydrogen) atoms. The van der Waals surface area contributed by atoms with E-state index in [1.807, 2.05) is 11.8 Å². The lowest BCUT2D eigenvalue weighted by Crippen LogP contribution is -2.48. The highest BCUT2D eigenvalue weighted by atomic mass is 32.2. The van der Waals surface area contributed by atoms with E-state index >= 15 is 0 Å². The molecular formula is C18H30O2S. The number of hydrogen-bond acceptors (Lipinski definition) is 3. The molecule has 2 nitrogen and oxygen atoms in total. The van der Waals surface area contributed by atoms with E-state index in [1.54, 1.807) is 0 Å². The number of ether oxygens (including phenoxy) is 1. The zero-order valence-corrected chi connectivity index (χ0v) is 14.6. The highest BCUT2D eigenvalue weighted by Crippen LogP contribution is 2.51. The summed E-state index contributed by atoms with van der Waals surface area (Å²) in [4.78, 5) is 12.6. The molecule has 1 spiro atoms. The minimum absolute atomic E-state index is 0.135. The first-order chi connectivity index (χ1) is 9.93. The van der Waals surface area contributed by atoms with Gasteiger partial charge in [0.2, 0.25) is 0 Å². The van der Waals surface area contributed by atoms with Crippen LogP contribution >= 0.6 is 11.8 Å². The summed E-state index contributed by atoms with van der Waals surface area (Å²) in [5.74, 6) is 4.45. The minimum Gasteiger partial charge on any atom is -0.374 e. The summed E-state index contributed by atoms with van der Waals surface area (Å²) >= 11 is 2.04. The van der Waals surface area contributed by atoms with Crippen LogP contribution in [0.25, 0.3) is 0 Å². The number of rotatable bonds is 2. The first-order valence-electron chi connectivity index (χ1n) is 8.67. The normalized spacial score (nSPS) is 41.7. The fraction of sp³-hybridized carbons (Fsp3) is 0.944. The van der Waals surface area contributed by atoms with Crippen molar-refractivity contribution in [1.29, 1.82) is 0 Å². The van der Waals surface area contributed by atoms with Crippen molar-refractivity contribution in [2.24, 2.45) is 23.2 Å². The molecule has 120 valence electrons. The lowest BCUT2D eigenvalue weighted by molar-refractivity contribution is -0.139. The minimum atomic E-state index is 0.135. The lowest BCUT2D eigenvalue weighted by atomic mass is 9.59. The number of thioether (sulfide) groups is 1. The summed E-state index contributed by atoms with van der Waals surface area (Å²) in [6, 6.07) is 0. The van der Waals surface area contributed by atoms with Crippen LogP contribution in [0.2, 0.25) is 0 Å². The Balaban J connectivity index is 1.73. The van der Waals surface area contributed by atoms with E-state index in [2.05, 4.69) is 20.8 Å². The fourth-order valence-electron chi connectivity index (χ4n) is 4.80. The van der Waals surface area contributed by atoms with Crippen LogP contribution in [0.1, 0.15) is 59.3 Å². The largest absolute Gasteiger partial charge is 0.374 e. The lowest BCUT2D eigenvalue weighted by Gasteiger charge is -2.48. The van der Waals surface area contributed by atoms with Gasteiger partial charge >= 0.3 is 0 Å². The molecular weight excluding hydrogens is 280 g/mol. The predicted molar refractivity (Wildman–Crippen MR) is 88.6 cm³/mol. The summed E-state index contributed by atoms with van der Waals surface area (Å²) in [6.07, 6.45) is 6.65. The van der Waals surface area contributed by atoms with Gasteiger partial charge in [0, 0.05) is 24.7 Å². The summed E-state index contributed by atoms with van der Waals surface area (Å²) < 4.78 is 6.18. The van der Waals surface area contributed by atoms with Crippen molar-refractivity contribution in [3.8, 4) is 0 Å². The molecule has 0 amide bonds. The number of ketones is 1. The van der Waals surface area contributed by atoms with Crippen molar-refractivity contribution in [3.05, 3.63) is 0 Å². The van der Waals surface area contributed by atoms with Gasteiger partial charge in [-0.25, -0.2) is 0 Å². The third kappa shape index (κ3) is 3.06. The third-order valence-electron chi connectivity index (χ3n) is 6.40. The smallest absolute Gasteiger partial charge is 0.136 e. The van der Waals surface area contributed by atoms with Crippen molar-refractivity contribution in [3.63, 3.8) is 0 Å². The molecule has 3 heteroatoms. The van der Waals surface area contributed by atoms with Crippen molar-refractivity contribution in [1.82, 2.24) is 0 Å². The molecule has 3 fully saturated rings. The molecule has 0 radical (unpaired) electrons. The molecule has 2 saturated heterocycles. The maximum absolute atomic E-state index is 12.6. The van der Waals surface area contributed by atoms with Crippen molar-refractivity contribution >= 4 is 17.5 Å². The first kappa shape index (κ1) is 15.9. The van der Waals surface area contributed by atoms with Gasteiger partial charge in [-0.15, -0.1) is 0 Å². The van der Waals surface area contributed by atoms with Gasteiger partial charge in [-0.3, -0.25) is 4.79 Å². The van der Waals surface area contributed by atoms with Crippen LogP contribution in [0.4, 0.5) is 0 Å². The Hall–Kier alpha value is -0.0200. The molecule has 3 aliphatic rings. The Morgan fingerprint density at radius 1 is 1.29 bits per heavy atom. The van der Waals surface area contributed by atoms with Gasteiger partial charge in [0.05, 0.1) is 5.60 Å². The molecule has 0 aromatic rings. The fourth-order valence-corrected chi connectivity index (χ4v) is 6.18. The average Bonchev–Trinajstić information content (AvgIpc) is 2.86. The van der Waals surface area contributed by atoms with Gasteiger partial charge in [-0.05, 0) is 55.1 Å². The molecule has 0 aromatic carbocycles. The maximum Gasteiger partial charge on any atom is 0.136 e. The summed E-state index contributed by atoms with van der Waals surface area (Å²) in [7, 11) is 0. The van der Waals surface area contributed by atoms with Crippen LogP contribution in [-0.2, 0) is 9.53 Å². The molecule has 3 rings (SSSR count). The molecule has 4 atom stereocenters. The predicted octanol–water partition coefficient (Wildman–Crippen LogP) is 4.32. The second-order valence-electron chi connectivity index (χ2n) is 8.25. The number of carbonyl (C=O) groups excluding carboxylic acids is 1. The van der Waals surface area contributed by atoms with Crippen LogP contribution in [0.15, 0.2) is 0 Å². The number of Topliss-reactive ketones (excluding diaryl/α,β-unsaturated/α-hetero) is 1. The van der Waals surface area contributed by atoms with Crippen molar-refractivity contribution in [2.75, 3.05) is 18.1 Å². The second-order valence-corrected chi connectivity index (χ2v) is 9.36. The first-order valence-corrected chi connectivity index (χ1v) is 9.83. The van der Waals surface area contributed by atoms with E-state index < -0.39 is 0 Å². The number of carbonyl (C=O) groups is 1. The van der Waals surface area contributed by atoms with Crippen LogP contribution in [0, 0.1) is 23.2 Å². The van der Waals surface area contributed by atoms with Gasteiger partial charge < -0.3 is 4.74 Å². The Bertz CT molecular complexity index is 398. The van der Waals surface area contributed by atoms with E-state index in [0.29, 0.717) is 17.6 Å². The van der Waals surface area contributed by atoms with Gasteiger partial charge in [0.25, 0.3) is 0 Å². The highest BCUT2D eigenvalue weighted by Gasteiger charge is 2.49. The zero-order chi connectivity index (χ0) is 15.1. The zero-order valence-electron chi connectivity index (χ0n) is 13.8. The standard InChI is InChI=1S/C18H30O2S/c1-13-4-5-15(16(19)10-13)17(2,3)14-6-8-20-18(11-14)7-9-21-12-18/h13-15H,4-12H2,1-3H3. The summed E-state index contributed by atoms with van der Waals surface area (Å²) in [6.45, 7) is 7.83. The second kappa shape index (κ2) is 5.88. The Morgan fingerprint density at radius 2 is 2.10 bits per heavy atom. The molecule has 4 unspecified atom stereocenters. The highest BCUT2D eigenvalue weighted by molar-refractivity contribution is 7.99. The van der Waals surface area contributed by atoms with E-state index in [0.717, 1.165) is 31.6 Å². The van der Waals surface area contributed by atoms with Crippen LogP contribution in [0.5, 0.6) is 0 Å². The summed E-state index contributed by atoms with van der Waals surface area (Å²) in [5, 5.41) is 0. The molecule has 0 aromatic heterocycles. The maximum atomic E-state index is 12.6. The van der Waals surface area contributed by atoms with Gasteiger partial charge in [0.15, 0.2) is 0 Å². The third-order valence-corrected chi connectivity index (χ3v) is 7.62. The van der Waals surface area contributed by atoms with E-state index in [9.17, 15) is 4.79 Å². The van der Waals surface area contributed by atoms with E-state index in [-0.39, 0.29) is 16.9 Å². The topological polar surface area (TPSA) is 26.3 Å².